The van der Waals surface area contributed by atoms with Crippen LogP contribution in [0.5, 0.6) is 5.75 Å². The number of hydrogen-bond donors (Lipinski definition) is 0. The van der Waals surface area contributed by atoms with Gasteiger partial charge in [0.2, 0.25) is 0 Å². The number of benzene rings is 1. The SMILES string of the molecule is Cc1ccc(F)c(OCOCC2CC2)c1. The van der Waals surface area contributed by atoms with Crippen LogP contribution in [0.1, 0.15) is 18.4 Å². The van der Waals surface area contributed by atoms with Gasteiger partial charge in [0.25, 0.3) is 0 Å². The van der Waals surface area contributed by atoms with Crippen molar-refractivity contribution in [2.24, 2.45) is 5.92 Å². The van der Waals surface area contributed by atoms with E-state index >= 15 is 0 Å². The van der Waals surface area contributed by atoms with Gasteiger partial charge < -0.3 is 9.47 Å². The van der Waals surface area contributed by atoms with Crippen LogP contribution in [0.2, 0.25) is 0 Å². The molecule has 0 saturated heterocycles. The second-order valence-corrected chi connectivity index (χ2v) is 4.01. The number of halogens is 1. The first-order valence-corrected chi connectivity index (χ1v) is 5.22. The summed E-state index contributed by atoms with van der Waals surface area (Å²) in [6, 6.07) is 4.80. The largest absolute Gasteiger partial charge is 0.464 e. The van der Waals surface area contributed by atoms with Gasteiger partial charge in [-0.15, -0.1) is 0 Å². The molecule has 3 heteroatoms. The van der Waals surface area contributed by atoms with Crippen molar-refractivity contribution in [3.05, 3.63) is 29.6 Å². The highest BCUT2D eigenvalue weighted by atomic mass is 19.1. The molecule has 15 heavy (non-hydrogen) atoms. The van der Waals surface area contributed by atoms with E-state index in [1.807, 2.05) is 6.92 Å². The molecule has 1 aromatic carbocycles. The van der Waals surface area contributed by atoms with Gasteiger partial charge in [0.1, 0.15) is 0 Å². The molecule has 82 valence electrons. The van der Waals surface area contributed by atoms with E-state index in [-0.39, 0.29) is 18.4 Å². The maximum Gasteiger partial charge on any atom is 0.189 e. The number of rotatable bonds is 5. The Morgan fingerprint density at radius 3 is 2.93 bits per heavy atom. The monoisotopic (exact) mass is 210 g/mol. The molecule has 1 aliphatic carbocycles. The summed E-state index contributed by atoms with van der Waals surface area (Å²) < 4.78 is 23.7. The highest BCUT2D eigenvalue weighted by Gasteiger charge is 2.21. The zero-order valence-corrected chi connectivity index (χ0v) is 8.83. The Morgan fingerprint density at radius 2 is 2.20 bits per heavy atom. The van der Waals surface area contributed by atoms with Crippen molar-refractivity contribution in [2.45, 2.75) is 19.8 Å². The highest BCUT2D eigenvalue weighted by Crippen LogP contribution is 2.28. The minimum absolute atomic E-state index is 0.136. The Bertz CT molecular complexity index is 334. The van der Waals surface area contributed by atoms with Crippen LogP contribution in [0.4, 0.5) is 4.39 Å². The lowest BCUT2D eigenvalue weighted by Gasteiger charge is -2.08. The third-order valence-electron chi connectivity index (χ3n) is 2.43. The molecule has 1 aromatic rings. The first kappa shape index (κ1) is 10.4. The summed E-state index contributed by atoms with van der Waals surface area (Å²) in [7, 11) is 0. The van der Waals surface area contributed by atoms with E-state index < -0.39 is 0 Å². The summed E-state index contributed by atoms with van der Waals surface area (Å²) in [5, 5.41) is 0. The van der Waals surface area contributed by atoms with Crippen LogP contribution < -0.4 is 4.74 Å². The normalized spacial score (nSPS) is 15.3. The Morgan fingerprint density at radius 1 is 1.40 bits per heavy atom. The summed E-state index contributed by atoms with van der Waals surface area (Å²) in [6.45, 7) is 2.77. The Labute approximate surface area is 89.0 Å². The van der Waals surface area contributed by atoms with Crippen LogP contribution in [-0.4, -0.2) is 13.4 Å². The molecule has 2 nitrogen and oxygen atoms in total. The summed E-state index contributed by atoms with van der Waals surface area (Å²) in [5.41, 5.74) is 0.980. The smallest absolute Gasteiger partial charge is 0.189 e. The minimum Gasteiger partial charge on any atom is -0.464 e. The van der Waals surface area contributed by atoms with E-state index in [2.05, 4.69) is 0 Å². The molecule has 0 radical (unpaired) electrons. The van der Waals surface area contributed by atoms with Gasteiger partial charge in [-0.05, 0) is 43.4 Å². The quantitative estimate of drug-likeness (QED) is 0.549. The van der Waals surface area contributed by atoms with E-state index in [1.165, 1.54) is 18.9 Å². The molecular formula is C12H15FO2. The van der Waals surface area contributed by atoms with E-state index in [0.717, 1.165) is 12.2 Å². The van der Waals surface area contributed by atoms with E-state index in [0.29, 0.717) is 5.92 Å². The van der Waals surface area contributed by atoms with Gasteiger partial charge in [-0.25, -0.2) is 4.39 Å². The average molecular weight is 210 g/mol. The van der Waals surface area contributed by atoms with Gasteiger partial charge >= 0.3 is 0 Å². The van der Waals surface area contributed by atoms with Crippen molar-refractivity contribution in [3.8, 4) is 5.75 Å². The van der Waals surface area contributed by atoms with Gasteiger partial charge in [0, 0.05) is 0 Å². The Kier molecular flexibility index (Phi) is 3.21. The maximum atomic E-state index is 13.2. The second-order valence-electron chi connectivity index (χ2n) is 4.01. The summed E-state index contributed by atoms with van der Waals surface area (Å²) >= 11 is 0. The van der Waals surface area contributed by atoms with Crippen molar-refractivity contribution in [1.82, 2.24) is 0 Å². The molecule has 0 bridgehead atoms. The summed E-state index contributed by atoms with van der Waals surface area (Å²) in [4.78, 5) is 0. The van der Waals surface area contributed by atoms with Crippen LogP contribution in [-0.2, 0) is 4.74 Å². The molecule has 0 aliphatic heterocycles. The number of hydrogen-bond acceptors (Lipinski definition) is 2. The molecule has 1 fully saturated rings. The predicted octanol–water partition coefficient (Wildman–Crippen LogP) is 2.90. The predicted molar refractivity (Wildman–Crippen MR) is 55.3 cm³/mol. The van der Waals surface area contributed by atoms with Crippen molar-refractivity contribution < 1.29 is 13.9 Å². The second kappa shape index (κ2) is 4.62. The standard InChI is InChI=1S/C12H15FO2/c1-9-2-5-11(13)12(6-9)15-8-14-7-10-3-4-10/h2,5-6,10H,3-4,7-8H2,1H3. The molecule has 0 atom stereocenters. The van der Waals surface area contributed by atoms with Crippen LogP contribution >= 0.6 is 0 Å². The zero-order chi connectivity index (χ0) is 10.7. The van der Waals surface area contributed by atoms with Crippen molar-refractivity contribution in [1.29, 1.82) is 0 Å². The zero-order valence-electron chi connectivity index (χ0n) is 8.83. The number of aryl methyl sites for hydroxylation is 1. The van der Waals surface area contributed by atoms with E-state index in [4.69, 9.17) is 9.47 Å². The third-order valence-corrected chi connectivity index (χ3v) is 2.43. The molecule has 0 unspecified atom stereocenters. The molecule has 1 saturated carbocycles. The van der Waals surface area contributed by atoms with Crippen molar-refractivity contribution >= 4 is 0 Å². The molecule has 0 aromatic heterocycles. The molecule has 0 spiro atoms. The maximum absolute atomic E-state index is 13.2. The lowest BCUT2D eigenvalue weighted by Crippen LogP contribution is -2.06. The molecule has 0 amide bonds. The molecular weight excluding hydrogens is 195 g/mol. The first-order valence-electron chi connectivity index (χ1n) is 5.22. The lowest BCUT2D eigenvalue weighted by molar-refractivity contribution is 0.00790. The van der Waals surface area contributed by atoms with Crippen LogP contribution in [0, 0.1) is 18.7 Å². The average Bonchev–Trinajstić information content (AvgIpc) is 3.01. The van der Waals surface area contributed by atoms with Gasteiger partial charge in [-0.2, -0.15) is 0 Å². The lowest BCUT2D eigenvalue weighted by atomic mass is 10.2. The fraction of sp³-hybridized carbons (Fsp3) is 0.500. The Hall–Kier alpha value is -1.09. The Balaban J connectivity index is 1.78. The highest BCUT2D eigenvalue weighted by molar-refractivity contribution is 5.29. The van der Waals surface area contributed by atoms with Crippen LogP contribution in [0.25, 0.3) is 0 Å². The summed E-state index contributed by atoms with van der Waals surface area (Å²) in [5.74, 6) is 0.636. The molecule has 0 heterocycles. The van der Waals surface area contributed by atoms with Gasteiger partial charge in [-0.1, -0.05) is 6.07 Å². The third kappa shape index (κ3) is 3.20. The number of ether oxygens (including phenoxy) is 2. The van der Waals surface area contributed by atoms with Crippen molar-refractivity contribution in [3.63, 3.8) is 0 Å². The van der Waals surface area contributed by atoms with E-state index in [9.17, 15) is 4.39 Å². The minimum atomic E-state index is -0.337. The van der Waals surface area contributed by atoms with Gasteiger partial charge in [-0.3, -0.25) is 0 Å². The van der Waals surface area contributed by atoms with Gasteiger partial charge in [0.15, 0.2) is 18.4 Å². The first-order chi connectivity index (χ1) is 7.25. The van der Waals surface area contributed by atoms with Crippen molar-refractivity contribution in [2.75, 3.05) is 13.4 Å². The van der Waals surface area contributed by atoms with Crippen LogP contribution in [0.3, 0.4) is 0 Å². The van der Waals surface area contributed by atoms with Gasteiger partial charge in [0.05, 0.1) is 6.61 Å². The molecule has 2 rings (SSSR count). The molecule has 1 aliphatic rings. The van der Waals surface area contributed by atoms with Crippen LogP contribution in [0.15, 0.2) is 18.2 Å². The fourth-order valence-corrected chi connectivity index (χ4v) is 1.33. The topological polar surface area (TPSA) is 18.5 Å². The molecule has 0 N–H and O–H groups in total. The fourth-order valence-electron chi connectivity index (χ4n) is 1.33. The van der Waals surface area contributed by atoms with E-state index in [1.54, 1.807) is 12.1 Å². The summed E-state index contributed by atoms with van der Waals surface area (Å²) in [6.07, 6.45) is 2.50.